The number of aromatic nitrogens is 2. The maximum absolute atomic E-state index is 8.36. The van der Waals surface area contributed by atoms with Crippen LogP contribution < -0.4 is 0 Å². The SMILES string of the molecule is Clc1ccc(SCOC(Cc2ccc(Cl)cc2Cl)c2ncc[nH]2)cc1.O=[N+]([O-])O. The molecule has 11 heteroatoms. The molecule has 0 saturated heterocycles. The Morgan fingerprint density at radius 3 is 2.41 bits per heavy atom. The van der Waals surface area contributed by atoms with Gasteiger partial charge in [0.05, 0.1) is 5.94 Å². The van der Waals surface area contributed by atoms with E-state index in [-0.39, 0.29) is 6.10 Å². The van der Waals surface area contributed by atoms with Crippen LogP contribution in [0.15, 0.2) is 59.8 Å². The number of ether oxygens (including phenoxy) is 1. The monoisotopic (exact) mass is 475 g/mol. The maximum Gasteiger partial charge on any atom is 0.291 e. The number of H-pyrrole nitrogens is 1. The smallest absolute Gasteiger partial charge is 0.291 e. The molecule has 2 aromatic carbocycles. The molecule has 3 aromatic rings. The van der Waals surface area contributed by atoms with E-state index in [9.17, 15) is 0 Å². The lowest BCUT2D eigenvalue weighted by Gasteiger charge is -2.17. The normalized spacial score (nSPS) is 11.4. The van der Waals surface area contributed by atoms with E-state index in [1.165, 1.54) is 0 Å². The number of rotatable bonds is 7. The highest BCUT2D eigenvalue weighted by atomic mass is 35.5. The number of halogens is 3. The van der Waals surface area contributed by atoms with Gasteiger partial charge >= 0.3 is 0 Å². The van der Waals surface area contributed by atoms with E-state index in [0.717, 1.165) is 21.3 Å². The number of nitrogens with zero attached hydrogens (tertiary/aromatic N) is 2. The van der Waals surface area contributed by atoms with Gasteiger partial charge in [0.1, 0.15) is 11.9 Å². The van der Waals surface area contributed by atoms with Crippen molar-refractivity contribution >= 4 is 46.6 Å². The molecule has 29 heavy (non-hydrogen) atoms. The van der Waals surface area contributed by atoms with Crippen LogP contribution in [0.3, 0.4) is 0 Å². The van der Waals surface area contributed by atoms with Gasteiger partial charge in [0, 0.05) is 38.8 Å². The molecule has 0 bridgehead atoms. The van der Waals surface area contributed by atoms with E-state index in [1.807, 2.05) is 36.4 Å². The van der Waals surface area contributed by atoms with Crippen LogP contribution in [0.25, 0.3) is 0 Å². The van der Waals surface area contributed by atoms with Crippen LogP contribution in [0.1, 0.15) is 17.5 Å². The molecule has 2 N–H and O–H groups in total. The molecule has 7 nitrogen and oxygen atoms in total. The Labute approximate surface area is 186 Å². The summed E-state index contributed by atoms with van der Waals surface area (Å²) in [6, 6.07) is 13.1. The molecule has 1 atom stereocenters. The molecule has 0 fully saturated rings. The van der Waals surface area contributed by atoms with Crippen molar-refractivity contribution in [3.05, 3.63) is 91.4 Å². The molecule has 0 aliphatic carbocycles. The van der Waals surface area contributed by atoms with Crippen molar-refractivity contribution in [1.82, 2.24) is 9.97 Å². The molecule has 0 radical (unpaired) electrons. The Morgan fingerprint density at radius 2 is 1.83 bits per heavy atom. The molecule has 1 heterocycles. The van der Waals surface area contributed by atoms with Crippen LogP contribution in [-0.2, 0) is 11.2 Å². The average Bonchev–Trinajstić information content (AvgIpc) is 3.18. The van der Waals surface area contributed by atoms with E-state index in [1.54, 1.807) is 30.2 Å². The third-order valence-corrected chi connectivity index (χ3v) is 5.25. The number of hydrogen-bond donors (Lipinski definition) is 2. The Hall–Kier alpha value is -1.97. The largest absolute Gasteiger partial charge is 0.359 e. The van der Waals surface area contributed by atoms with Gasteiger partial charge in [0.25, 0.3) is 5.09 Å². The Bertz CT molecular complexity index is 907. The van der Waals surface area contributed by atoms with Gasteiger partial charge in [-0.05, 0) is 42.0 Å². The summed E-state index contributed by atoms with van der Waals surface area (Å²) in [5.41, 5.74) is 0.962. The minimum atomic E-state index is -1.50. The van der Waals surface area contributed by atoms with E-state index < -0.39 is 5.09 Å². The van der Waals surface area contributed by atoms with E-state index in [0.29, 0.717) is 22.4 Å². The van der Waals surface area contributed by atoms with Crippen molar-refractivity contribution in [2.75, 3.05) is 5.94 Å². The van der Waals surface area contributed by atoms with Crippen molar-refractivity contribution in [3.63, 3.8) is 0 Å². The Morgan fingerprint density at radius 1 is 1.17 bits per heavy atom. The highest BCUT2D eigenvalue weighted by Gasteiger charge is 2.17. The number of benzene rings is 2. The molecule has 154 valence electrons. The highest BCUT2D eigenvalue weighted by molar-refractivity contribution is 7.99. The second-order valence-electron chi connectivity index (χ2n) is 5.52. The molecular formula is C18H16Cl3N3O4S. The zero-order valence-electron chi connectivity index (χ0n) is 14.8. The standard InChI is InChI=1S/C18H15Cl3N2OS.HNO3/c19-13-3-5-15(6-4-13)25-11-24-17(18-22-7-8-23-18)9-12-1-2-14(20)10-16(12)21;2-1(3)4/h1-8,10,17H,9,11H2,(H,22,23);(H,2,3,4). The molecule has 3 rings (SSSR count). The summed E-state index contributed by atoms with van der Waals surface area (Å²) in [4.78, 5) is 16.9. The maximum atomic E-state index is 8.36. The van der Waals surface area contributed by atoms with Crippen LogP contribution in [0.4, 0.5) is 0 Å². The fraction of sp³-hybridized carbons (Fsp3) is 0.167. The summed E-state index contributed by atoms with van der Waals surface area (Å²) < 4.78 is 6.05. The summed E-state index contributed by atoms with van der Waals surface area (Å²) in [5, 5.41) is 15.6. The quantitative estimate of drug-likeness (QED) is 0.186. The summed E-state index contributed by atoms with van der Waals surface area (Å²) in [5.74, 6) is 1.25. The first kappa shape index (κ1) is 23.3. The second kappa shape index (κ2) is 11.9. The first-order valence-corrected chi connectivity index (χ1v) is 10.2. The minimum absolute atomic E-state index is 0.228. The zero-order valence-corrected chi connectivity index (χ0v) is 17.9. The third-order valence-electron chi connectivity index (χ3n) is 3.55. The average molecular weight is 477 g/mol. The number of imidazole rings is 1. The molecule has 0 saturated carbocycles. The van der Waals surface area contributed by atoms with Crippen LogP contribution in [0, 0.1) is 10.1 Å². The predicted molar refractivity (Wildman–Crippen MR) is 114 cm³/mol. The second-order valence-corrected chi connectivity index (χ2v) is 7.80. The highest BCUT2D eigenvalue weighted by Crippen LogP contribution is 2.29. The molecule has 0 aliphatic rings. The Balaban J connectivity index is 0.000000687. The first-order chi connectivity index (χ1) is 13.8. The van der Waals surface area contributed by atoms with Gasteiger partial charge in [-0.2, -0.15) is 0 Å². The number of thioether (sulfide) groups is 1. The summed E-state index contributed by atoms with van der Waals surface area (Å²) in [6.07, 6.45) is 3.86. The number of hydrogen-bond acceptors (Lipinski definition) is 5. The van der Waals surface area contributed by atoms with Gasteiger partial charge in [-0.25, -0.2) is 4.98 Å². The third kappa shape index (κ3) is 8.51. The lowest BCUT2D eigenvalue weighted by Crippen LogP contribution is -2.10. The van der Waals surface area contributed by atoms with Crippen LogP contribution in [0.2, 0.25) is 15.1 Å². The summed E-state index contributed by atoms with van der Waals surface area (Å²) in [6.45, 7) is 0. The van der Waals surface area contributed by atoms with Crippen LogP contribution in [0.5, 0.6) is 0 Å². The first-order valence-electron chi connectivity index (χ1n) is 8.11. The van der Waals surface area contributed by atoms with Gasteiger partial charge in [-0.3, -0.25) is 0 Å². The minimum Gasteiger partial charge on any atom is -0.359 e. The molecule has 0 aliphatic heterocycles. The number of aromatic amines is 1. The lowest BCUT2D eigenvalue weighted by molar-refractivity contribution is -0.742. The van der Waals surface area contributed by atoms with Crippen LogP contribution >= 0.6 is 46.6 Å². The van der Waals surface area contributed by atoms with Crippen molar-refractivity contribution in [2.24, 2.45) is 0 Å². The van der Waals surface area contributed by atoms with Crippen molar-refractivity contribution in [1.29, 1.82) is 0 Å². The molecule has 1 aromatic heterocycles. The van der Waals surface area contributed by atoms with Crippen LogP contribution in [-0.4, -0.2) is 26.2 Å². The van der Waals surface area contributed by atoms with Crippen molar-refractivity contribution in [3.8, 4) is 0 Å². The van der Waals surface area contributed by atoms with Gasteiger partial charge in [0.15, 0.2) is 0 Å². The Kier molecular flexibility index (Phi) is 9.56. The van der Waals surface area contributed by atoms with E-state index in [2.05, 4.69) is 9.97 Å². The van der Waals surface area contributed by atoms with Gasteiger partial charge in [0.2, 0.25) is 0 Å². The zero-order chi connectivity index (χ0) is 21.2. The molecule has 0 amide bonds. The molecule has 0 spiro atoms. The topological polar surface area (TPSA) is 101 Å². The van der Waals surface area contributed by atoms with Crippen molar-refractivity contribution in [2.45, 2.75) is 17.4 Å². The lowest BCUT2D eigenvalue weighted by atomic mass is 10.1. The fourth-order valence-corrected chi connectivity index (χ4v) is 3.60. The van der Waals surface area contributed by atoms with Crippen molar-refractivity contribution < 1.29 is 15.0 Å². The van der Waals surface area contributed by atoms with Gasteiger partial charge in [-0.15, -0.1) is 10.1 Å². The van der Waals surface area contributed by atoms with E-state index in [4.69, 9.17) is 54.9 Å². The van der Waals surface area contributed by atoms with Gasteiger partial charge in [-0.1, -0.05) is 52.6 Å². The number of nitrogens with one attached hydrogen (secondary N) is 1. The summed E-state index contributed by atoms with van der Waals surface area (Å²) >= 11 is 19.8. The summed E-state index contributed by atoms with van der Waals surface area (Å²) in [7, 11) is 0. The molecular weight excluding hydrogens is 461 g/mol. The predicted octanol–water partition coefficient (Wildman–Crippen LogP) is 6.07. The molecule has 1 unspecified atom stereocenters. The van der Waals surface area contributed by atoms with Gasteiger partial charge < -0.3 is 14.9 Å². The van der Waals surface area contributed by atoms with E-state index >= 15 is 0 Å². The fourth-order valence-electron chi connectivity index (χ4n) is 2.29.